The molecule has 0 saturated carbocycles. The van der Waals surface area contributed by atoms with Crippen molar-refractivity contribution in [3.63, 3.8) is 0 Å². The smallest absolute Gasteiger partial charge is 0.264 e. The summed E-state index contributed by atoms with van der Waals surface area (Å²) in [5.41, 5.74) is 0.445. The van der Waals surface area contributed by atoms with Gasteiger partial charge in [-0.25, -0.2) is 12.8 Å². The molecular formula is C31H38FN3O5S2. The number of carbonyl (C=O) groups is 2. The van der Waals surface area contributed by atoms with E-state index in [1.54, 1.807) is 49.4 Å². The molecule has 226 valence electrons. The molecule has 1 N–H and O–H groups in total. The molecule has 3 aromatic rings. The van der Waals surface area contributed by atoms with Crippen LogP contribution in [0.3, 0.4) is 0 Å². The third-order valence-corrected chi connectivity index (χ3v) is 9.04. The van der Waals surface area contributed by atoms with E-state index in [2.05, 4.69) is 5.32 Å². The fourth-order valence-corrected chi connectivity index (χ4v) is 5.95. The van der Waals surface area contributed by atoms with E-state index in [1.807, 2.05) is 27.0 Å². The van der Waals surface area contributed by atoms with Gasteiger partial charge in [-0.1, -0.05) is 32.0 Å². The van der Waals surface area contributed by atoms with Crippen LogP contribution in [0.1, 0.15) is 33.3 Å². The third-order valence-electron chi connectivity index (χ3n) is 6.51. The van der Waals surface area contributed by atoms with Crippen LogP contribution in [0.2, 0.25) is 0 Å². The SMILES string of the molecule is CCOc1ccc(N(CC(=O)N(Cc2ccccc2F)[C@H](C)C(=O)NCC(C)C)S(=O)(=O)c2ccc(SC)cc2)cc1. The predicted octanol–water partition coefficient (Wildman–Crippen LogP) is 5.33. The number of halogens is 1. The topological polar surface area (TPSA) is 96.0 Å². The fourth-order valence-electron chi connectivity index (χ4n) is 4.12. The van der Waals surface area contributed by atoms with Gasteiger partial charge in [-0.05, 0) is 80.6 Å². The average molecular weight is 616 g/mol. The minimum Gasteiger partial charge on any atom is -0.494 e. The largest absolute Gasteiger partial charge is 0.494 e. The molecule has 0 heterocycles. The fraction of sp³-hybridized carbons (Fsp3) is 0.355. The Morgan fingerprint density at radius 2 is 1.62 bits per heavy atom. The number of thioether (sulfide) groups is 1. The van der Waals surface area contributed by atoms with Crippen LogP contribution in [0.15, 0.2) is 82.6 Å². The zero-order chi connectivity index (χ0) is 30.9. The van der Waals surface area contributed by atoms with Crippen LogP contribution in [0.4, 0.5) is 10.1 Å². The van der Waals surface area contributed by atoms with Crippen molar-refractivity contribution in [2.75, 3.05) is 30.3 Å². The van der Waals surface area contributed by atoms with E-state index in [9.17, 15) is 22.4 Å². The summed E-state index contributed by atoms with van der Waals surface area (Å²) >= 11 is 1.48. The quantitative estimate of drug-likeness (QED) is 0.246. The number of hydrogen-bond donors (Lipinski definition) is 1. The van der Waals surface area contributed by atoms with Gasteiger partial charge in [-0.2, -0.15) is 0 Å². The zero-order valence-electron chi connectivity index (χ0n) is 24.5. The normalized spacial score (nSPS) is 12.1. The van der Waals surface area contributed by atoms with Crippen molar-refractivity contribution in [3.05, 3.63) is 84.2 Å². The molecule has 0 saturated heterocycles. The van der Waals surface area contributed by atoms with E-state index in [0.29, 0.717) is 18.9 Å². The summed E-state index contributed by atoms with van der Waals surface area (Å²) in [6.07, 6.45) is 1.89. The highest BCUT2D eigenvalue weighted by atomic mass is 32.2. The first-order valence-electron chi connectivity index (χ1n) is 13.7. The van der Waals surface area contributed by atoms with Crippen LogP contribution in [0.5, 0.6) is 5.75 Å². The number of anilines is 1. The molecule has 0 aliphatic heterocycles. The van der Waals surface area contributed by atoms with Crippen molar-refractivity contribution in [1.29, 1.82) is 0 Å². The lowest BCUT2D eigenvalue weighted by Gasteiger charge is -2.32. The Labute approximate surface area is 252 Å². The van der Waals surface area contributed by atoms with Crippen molar-refractivity contribution in [1.82, 2.24) is 10.2 Å². The number of carbonyl (C=O) groups excluding carboxylic acids is 2. The molecule has 0 spiro atoms. The first-order chi connectivity index (χ1) is 20.0. The van der Waals surface area contributed by atoms with Crippen molar-refractivity contribution in [3.8, 4) is 5.75 Å². The second-order valence-corrected chi connectivity index (χ2v) is 12.8. The van der Waals surface area contributed by atoms with Crippen LogP contribution in [-0.4, -0.2) is 57.1 Å². The molecule has 0 bridgehead atoms. The minimum atomic E-state index is -4.22. The zero-order valence-corrected chi connectivity index (χ0v) is 26.2. The van der Waals surface area contributed by atoms with Crippen molar-refractivity contribution < 1.29 is 27.1 Å². The Hall–Kier alpha value is -3.57. The molecule has 3 rings (SSSR count). The molecule has 0 radical (unpaired) electrons. The van der Waals surface area contributed by atoms with Gasteiger partial charge < -0.3 is 15.0 Å². The Morgan fingerprint density at radius 3 is 2.19 bits per heavy atom. The maximum atomic E-state index is 14.7. The van der Waals surface area contributed by atoms with Crippen LogP contribution in [-0.2, 0) is 26.2 Å². The Morgan fingerprint density at radius 1 is 0.976 bits per heavy atom. The summed E-state index contributed by atoms with van der Waals surface area (Å²) in [5.74, 6) is -0.893. The number of nitrogens with one attached hydrogen (secondary N) is 1. The average Bonchev–Trinajstić information content (AvgIpc) is 2.98. The van der Waals surface area contributed by atoms with Gasteiger partial charge in [-0.15, -0.1) is 11.8 Å². The van der Waals surface area contributed by atoms with Gasteiger partial charge in [0.2, 0.25) is 11.8 Å². The Bertz CT molecular complexity index is 1450. The monoisotopic (exact) mass is 615 g/mol. The summed E-state index contributed by atoms with van der Waals surface area (Å²) < 4.78 is 49.1. The number of hydrogen-bond acceptors (Lipinski definition) is 6. The first kappa shape index (κ1) is 32.9. The van der Waals surface area contributed by atoms with E-state index in [4.69, 9.17) is 4.74 Å². The van der Waals surface area contributed by atoms with Gasteiger partial charge in [0, 0.05) is 23.5 Å². The first-order valence-corrected chi connectivity index (χ1v) is 16.3. The van der Waals surface area contributed by atoms with Crippen molar-refractivity contribution in [2.24, 2.45) is 5.92 Å². The van der Waals surface area contributed by atoms with E-state index in [0.717, 1.165) is 9.20 Å². The highest BCUT2D eigenvalue weighted by Crippen LogP contribution is 2.28. The number of amides is 2. The van der Waals surface area contributed by atoms with Crippen LogP contribution >= 0.6 is 11.8 Å². The van der Waals surface area contributed by atoms with Gasteiger partial charge in [0.25, 0.3) is 10.0 Å². The van der Waals surface area contributed by atoms with E-state index in [1.165, 1.54) is 47.0 Å². The van der Waals surface area contributed by atoms with Gasteiger partial charge >= 0.3 is 0 Å². The summed E-state index contributed by atoms with van der Waals surface area (Å²) in [4.78, 5) is 29.1. The lowest BCUT2D eigenvalue weighted by atomic mass is 10.1. The second-order valence-electron chi connectivity index (χ2n) is 10.0. The molecule has 3 aromatic carbocycles. The number of benzene rings is 3. The predicted molar refractivity (Wildman–Crippen MR) is 165 cm³/mol. The van der Waals surface area contributed by atoms with E-state index in [-0.39, 0.29) is 28.6 Å². The van der Waals surface area contributed by atoms with E-state index < -0.39 is 40.2 Å². The third kappa shape index (κ3) is 8.48. The highest BCUT2D eigenvalue weighted by Gasteiger charge is 2.33. The molecular weight excluding hydrogens is 577 g/mol. The molecule has 0 aliphatic rings. The van der Waals surface area contributed by atoms with Crippen molar-refractivity contribution in [2.45, 2.75) is 50.1 Å². The second kappa shape index (κ2) is 15.1. The maximum Gasteiger partial charge on any atom is 0.264 e. The summed E-state index contributed by atoms with van der Waals surface area (Å²) in [5, 5.41) is 2.81. The maximum absolute atomic E-state index is 14.7. The highest BCUT2D eigenvalue weighted by molar-refractivity contribution is 7.98. The van der Waals surface area contributed by atoms with Crippen LogP contribution in [0, 0.1) is 11.7 Å². The molecule has 2 amide bonds. The van der Waals surface area contributed by atoms with Crippen molar-refractivity contribution >= 4 is 39.3 Å². The number of ether oxygens (including phenoxy) is 1. The minimum absolute atomic E-state index is 0.00497. The Kier molecular flexibility index (Phi) is 11.8. The van der Waals surface area contributed by atoms with E-state index >= 15 is 0 Å². The lowest BCUT2D eigenvalue weighted by Crippen LogP contribution is -2.51. The standard InChI is InChI=1S/C31H38FN3O5S2/c1-6-40-26-13-11-25(12-14-26)35(42(38,39)28-17-15-27(41-5)16-18-28)21-30(36)34(20-24-9-7-8-10-29(24)32)23(4)31(37)33-19-22(2)3/h7-18,22-23H,6,19-21H2,1-5H3,(H,33,37)/t23-/m1/s1. The Balaban J connectivity index is 2.03. The summed E-state index contributed by atoms with van der Waals surface area (Å²) in [7, 11) is -4.22. The molecule has 0 fully saturated rings. The molecule has 11 heteroatoms. The molecule has 42 heavy (non-hydrogen) atoms. The number of sulfonamides is 1. The lowest BCUT2D eigenvalue weighted by molar-refractivity contribution is -0.139. The number of nitrogens with zero attached hydrogens (tertiary/aromatic N) is 2. The molecule has 0 unspecified atom stereocenters. The van der Waals surface area contributed by atoms with Gasteiger partial charge in [0.15, 0.2) is 0 Å². The molecule has 1 atom stereocenters. The number of rotatable bonds is 14. The molecule has 0 aromatic heterocycles. The molecule has 8 nitrogen and oxygen atoms in total. The van der Waals surface area contributed by atoms with Gasteiger partial charge in [0.05, 0.1) is 17.2 Å². The van der Waals surface area contributed by atoms with Crippen LogP contribution in [0.25, 0.3) is 0 Å². The van der Waals surface area contributed by atoms with Gasteiger partial charge in [-0.3, -0.25) is 13.9 Å². The molecule has 0 aliphatic carbocycles. The summed E-state index contributed by atoms with van der Waals surface area (Å²) in [6.45, 7) is 7.26. The van der Waals surface area contributed by atoms with Gasteiger partial charge in [0.1, 0.15) is 24.2 Å². The van der Waals surface area contributed by atoms with Crippen LogP contribution < -0.4 is 14.4 Å². The summed E-state index contributed by atoms with van der Waals surface area (Å²) in [6, 6.07) is 17.7.